The summed E-state index contributed by atoms with van der Waals surface area (Å²) in [5, 5.41) is 3.05. The van der Waals surface area contributed by atoms with Gasteiger partial charge in [-0.05, 0) is 43.2 Å². The van der Waals surface area contributed by atoms with Gasteiger partial charge >= 0.3 is 0 Å². The van der Waals surface area contributed by atoms with Crippen molar-refractivity contribution in [2.24, 2.45) is 10.7 Å². The van der Waals surface area contributed by atoms with Gasteiger partial charge in [-0.3, -0.25) is 0 Å². The Balaban J connectivity index is 2.08. The topological polar surface area (TPSA) is 78.1 Å². The molecule has 25 heavy (non-hydrogen) atoms. The van der Waals surface area contributed by atoms with Gasteiger partial charge in [-0.25, -0.2) is 4.99 Å². The van der Waals surface area contributed by atoms with E-state index in [2.05, 4.69) is 10.3 Å². The third-order valence-corrected chi connectivity index (χ3v) is 3.64. The molecule has 134 valence electrons. The van der Waals surface area contributed by atoms with E-state index in [-0.39, 0.29) is 0 Å². The number of aryl methyl sites for hydroxylation is 1. The number of nitrogens with two attached hydrogens (primary N) is 1. The molecule has 2 aromatic carbocycles. The Bertz CT molecular complexity index is 745. The fraction of sp³-hybridized carbons (Fsp3) is 0.316. The summed E-state index contributed by atoms with van der Waals surface area (Å²) in [6.45, 7) is 5.10. The van der Waals surface area contributed by atoms with Crippen LogP contribution in [0.2, 0.25) is 0 Å². The van der Waals surface area contributed by atoms with Crippen LogP contribution in [0.1, 0.15) is 18.1 Å². The van der Waals surface area contributed by atoms with Crippen LogP contribution in [0, 0.1) is 6.92 Å². The minimum atomic E-state index is 0.304. The van der Waals surface area contributed by atoms with E-state index < -0.39 is 0 Å². The molecule has 0 aliphatic heterocycles. The highest BCUT2D eigenvalue weighted by molar-refractivity contribution is 5.94. The monoisotopic (exact) mass is 343 g/mol. The van der Waals surface area contributed by atoms with Crippen molar-refractivity contribution in [2.75, 3.05) is 26.1 Å². The van der Waals surface area contributed by atoms with Crippen LogP contribution in [0.25, 0.3) is 0 Å². The van der Waals surface area contributed by atoms with Crippen LogP contribution in [0.4, 0.5) is 5.69 Å². The summed E-state index contributed by atoms with van der Waals surface area (Å²) >= 11 is 0. The number of ether oxygens (including phenoxy) is 3. The fourth-order valence-corrected chi connectivity index (χ4v) is 2.39. The second-order valence-electron chi connectivity index (χ2n) is 5.43. The van der Waals surface area contributed by atoms with E-state index in [0.717, 1.165) is 16.9 Å². The minimum Gasteiger partial charge on any atom is -0.497 e. The summed E-state index contributed by atoms with van der Waals surface area (Å²) in [4.78, 5) is 4.38. The second-order valence-corrected chi connectivity index (χ2v) is 5.43. The predicted molar refractivity (Wildman–Crippen MR) is 101 cm³/mol. The van der Waals surface area contributed by atoms with Crippen molar-refractivity contribution < 1.29 is 14.2 Å². The van der Waals surface area contributed by atoms with Gasteiger partial charge in [0.15, 0.2) is 5.96 Å². The molecule has 0 heterocycles. The number of rotatable bonds is 7. The summed E-state index contributed by atoms with van der Waals surface area (Å²) < 4.78 is 16.1. The van der Waals surface area contributed by atoms with Crippen molar-refractivity contribution in [3.63, 3.8) is 0 Å². The lowest BCUT2D eigenvalue weighted by Crippen LogP contribution is -2.23. The van der Waals surface area contributed by atoms with Gasteiger partial charge in [0.05, 0.1) is 33.1 Å². The number of nitrogens with zero attached hydrogens (tertiary/aromatic N) is 1. The SMILES string of the molecule is CCOc1ccc(CN=C(N)Nc2cc(OC)ccc2OC)cc1C. The van der Waals surface area contributed by atoms with Crippen LogP contribution < -0.4 is 25.3 Å². The number of nitrogens with one attached hydrogen (secondary N) is 1. The van der Waals surface area contributed by atoms with E-state index in [1.165, 1.54) is 0 Å². The van der Waals surface area contributed by atoms with Crippen LogP contribution >= 0.6 is 0 Å². The highest BCUT2D eigenvalue weighted by Gasteiger charge is 2.06. The first-order chi connectivity index (χ1) is 12.1. The van der Waals surface area contributed by atoms with Crippen molar-refractivity contribution in [1.29, 1.82) is 0 Å². The molecule has 2 aromatic rings. The van der Waals surface area contributed by atoms with Gasteiger partial charge in [-0.2, -0.15) is 0 Å². The molecule has 0 fully saturated rings. The molecule has 0 unspecified atom stereocenters. The molecule has 0 aliphatic rings. The van der Waals surface area contributed by atoms with Gasteiger partial charge in [0.1, 0.15) is 17.2 Å². The van der Waals surface area contributed by atoms with Gasteiger partial charge < -0.3 is 25.3 Å². The molecule has 0 aromatic heterocycles. The Morgan fingerprint density at radius 3 is 2.48 bits per heavy atom. The maximum Gasteiger partial charge on any atom is 0.193 e. The average Bonchev–Trinajstić information content (AvgIpc) is 2.62. The summed E-state index contributed by atoms with van der Waals surface area (Å²) in [6, 6.07) is 11.4. The van der Waals surface area contributed by atoms with E-state index >= 15 is 0 Å². The molecular weight excluding hydrogens is 318 g/mol. The fourth-order valence-electron chi connectivity index (χ4n) is 2.39. The van der Waals surface area contributed by atoms with Gasteiger partial charge in [0, 0.05) is 6.07 Å². The first-order valence-corrected chi connectivity index (χ1v) is 8.08. The number of methoxy groups -OCH3 is 2. The van der Waals surface area contributed by atoms with Gasteiger partial charge in [-0.1, -0.05) is 12.1 Å². The van der Waals surface area contributed by atoms with Crippen molar-refractivity contribution >= 4 is 11.6 Å². The first kappa shape index (κ1) is 18.4. The zero-order chi connectivity index (χ0) is 18.2. The number of benzene rings is 2. The maximum absolute atomic E-state index is 6.00. The molecule has 0 amide bonds. The minimum absolute atomic E-state index is 0.304. The molecule has 0 bridgehead atoms. The number of hydrogen-bond donors (Lipinski definition) is 2. The summed E-state index contributed by atoms with van der Waals surface area (Å²) in [5.74, 6) is 2.56. The van der Waals surface area contributed by atoms with Gasteiger partial charge in [0.2, 0.25) is 0 Å². The highest BCUT2D eigenvalue weighted by atomic mass is 16.5. The number of anilines is 1. The number of hydrogen-bond acceptors (Lipinski definition) is 4. The van der Waals surface area contributed by atoms with Crippen molar-refractivity contribution in [2.45, 2.75) is 20.4 Å². The average molecular weight is 343 g/mol. The lowest BCUT2D eigenvalue weighted by Gasteiger charge is -2.12. The third kappa shape index (κ3) is 5.04. The quantitative estimate of drug-likeness (QED) is 0.595. The van der Waals surface area contributed by atoms with E-state index in [9.17, 15) is 0 Å². The smallest absolute Gasteiger partial charge is 0.193 e. The lowest BCUT2D eigenvalue weighted by atomic mass is 10.1. The second kappa shape index (κ2) is 8.82. The van der Waals surface area contributed by atoms with Crippen molar-refractivity contribution in [1.82, 2.24) is 0 Å². The lowest BCUT2D eigenvalue weighted by molar-refractivity contribution is 0.338. The van der Waals surface area contributed by atoms with Crippen LogP contribution in [0.5, 0.6) is 17.2 Å². The Morgan fingerprint density at radius 1 is 1.08 bits per heavy atom. The van der Waals surface area contributed by atoms with Crippen LogP contribution in [-0.4, -0.2) is 26.8 Å². The Labute approximate surface area is 148 Å². The highest BCUT2D eigenvalue weighted by Crippen LogP contribution is 2.28. The zero-order valence-electron chi connectivity index (χ0n) is 15.1. The van der Waals surface area contributed by atoms with E-state index in [1.807, 2.05) is 50.2 Å². The molecule has 0 saturated carbocycles. The Kier molecular flexibility index (Phi) is 6.51. The summed E-state index contributed by atoms with van der Waals surface area (Å²) in [7, 11) is 3.21. The standard InChI is InChI=1S/C19H25N3O3/c1-5-25-17-8-6-14(10-13(17)2)12-21-19(20)22-16-11-15(23-3)7-9-18(16)24-4/h6-11H,5,12H2,1-4H3,(H3,20,21,22). The molecular formula is C19H25N3O3. The first-order valence-electron chi connectivity index (χ1n) is 8.08. The maximum atomic E-state index is 6.00. The summed E-state index contributed by atoms with van der Waals surface area (Å²) in [5.41, 5.74) is 8.84. The zero-order valence-corrected chi connectivity index (χ0v) is 15.1. The largest absolute Gasteiger partial charge is 0.497 e. The molecule has 2 rings (SSSR count). The normalized spacial score (nSPS) is 11.1. The van der Waals surface area contributed by atoms with E-state index in [1.54, 1.807) is 14.2 Å². The molecule has 0 radical (unpaired) electrons. The van der Waals surface area contributed by atoms with Gasteiger partial charge in [-0.15, -0.1) is 0 Å². The number of aliphatic imine (C=N–C) groups is 1. The molecule has 0 saturated heterocycles. The number of guanidine groups is 1. The Morgan fingerprint density at radius 2 is 1.84 bits per heavy atom. The molecule has 6 heteroatoms. The molecule has 0 atom stereocenters. The van der Waals surface area contributed by atoms with Crippen LogP contribution in [0.15, 0.2) is 41.4 Å². The third-order valence-electron chi connectivity index (χ3n) is 3.64. The van der Waals surface area contributed by atoms with E-state index in [0.29, 0.717) is 36.3 Å². The summed E-state index contributed by atoms with van der Waals surface area (Å²) in [6.07, 6.45) is 0. The molecule has 3 N–H and O–H groups in total. The molecule has 0 aliphatic carbocycles. The van der Waals surface area contributed by atoms with Crippen molar-refractivity contribution in [3.05, 3.63) is 47.5 Å². The predicted octanol–water partition coefficient (Wildman–Crippen LogP) is 3.34. The molecule has 0 spiro atoms. The van der Waals surface area contributed by atoms with Crippen molar-refractivity contribution in [3.8, 4) is 17.2 Å². The molecule has 6 nitrogen and oxygen atoms in total. The van der Waals surface area contributed by atoms with Crippen LogP contribution in [0.3, 0.4) is 0 Å². The van der Waals surface area contributed by atoms with Gasteiger partial charge in [0.25, 0.3) is 0 Å². The van der Waals surface area contributed by atoms with Crippen LogP contribution in [-0.2, 0) is 6.54 Å². The van der Waals surface area contributed by atoms with E-state index in [4.69, 9.17) is 19.9 Å². The Hall–Kier alpha value is -2.89.